The largest absolute Gasteiger partial charge is 0.366 e. The van der Waals surface area contributed by atoms with Crippen LogP contribution < -0.4 is 11.1 Å². The number of primary amides is 1. The molecule has 3 amide bonds. The molecule has 0 unspecified atom stereocenters. The molecule has 1 saturated heterocycles. The number of nitrogens with zero attached hydrogens (tertiary/aromatic N) is 4. The fraction of sp³-hybridized carbons (Fsp3) is 0.435. The van der Waals surface area contributed by atoms with Crippen LogP contribution in [0, 0.1) is 18.3 Å². The van der Waals surface area contributed by atoms with Gasteiger partial charge >= 0.3 is 6.03 Å². The third-order valence-corrected chi connectivity index (χ3v) is 7.91. The number of sulfonamides is 1. The second kappa shape index (κ2) is 9.12. The fourth-order valence-corrected chi connectivity index (χ4v) is 5.74. The SMILES string of the molecule is Cc1ccc(NC(=O)N2CCn3c(c(C(N)=O)c(C#N)c3C3CCN(S(C)(=O)=O)CC3)C2)cc1. The van der Waals surface area contributed by atoms with Crippen LogP contribution in [0.2, 0.25) is 0 Å². The first-order chi connectivity index (χ1) is 16.1. The number of fused-ring (bicyclic) bond motifs is 1. The van der Waals surface area contributed by atoms with Crippen molar-refractivity contribution in [3.63, 3.8) is 0 Å². The van der Waals surface area contributed by atoms with Crippen molar-refractivity contribution in [3.8, 4) is 6.07 Å². The molecule has 1 aromatic carbocycles. The monoisotopic (exact) mass is 484 g/mol. The molecule has 10 nitrogen and oxygen atoms in total. The van der Waals surface area contributed by atoms with Crippen molar-refractivity contribution < 1.29 is 18.0 Å². The van der Waals surface area contributed by atoms with Gasteiger partial charge < -0.3 is 20.5 Å². The Balaban J connectivity index is 1.62. The van der Waals surface area contributed by atoms with E-state index in [9.17, 15) is 23.3 Å². The molecular weight excluding hydrogens is 456 g/mol. The van der Waals surface area contributed by atoms with Crippen LogP contribution in [-0.2, 0) is 23.1 Å². The van der Waals surface area contributed by atoms with E-state index in [2.05, 4.69) is 11.4 Å². The number of piperidine rings is 1. The van der Waals surface area contributed by atoms with E-state index in [1.54, 1.807) is 4.90 Å². The molecule has 3 N–H and O–H groups in total. The summed E-state index contributed by atoms with van der Waals surface area (Å²) in [5.74, 6) is -0.784. The van der Waals surface area contributed by atoms with Crippen molar-refractivity contribution in [1.29, 1.82) is 5.26 Å². The number of nitrogens with one attached hydrogen (secondary N) is 1. The zero-order valence-corrected chi connectivity index (χ0v) is 20.1. The van der Waals surface area contributed by atoms with Gasteiger partial charge in [-0.2, -0.15) is 5.26 Å². The zero-order valence-electron chi connectivity index (χ0n) is 19.2. The lowest BCUT2D eigenvalue weighted by Crippen LogP contribution is -2.42. The van der Waals surface area contributed by atoms with Crippen LogP contribution in [-0.4, -0.2) is 60.0 Å². The Hall–Kier alpha value is -3.36. The quantitative estimate of drug-likeness (QED) is 0.682. The van der Waals surface area contributed by atoms with Gasteiger partial charge in [0.1, 0.15) is 6.07 Å². The van der Waals surface area contributed by atoms with Gasteiger partial charge in [-0.1, -0.05) is 17.7 Å². The van der Waals surface area contributed by atoms with Gasteiger partial charge in [-0.3, -0.25) is 4.79 Å². The Labute approximate surface area is 199 Å². The molecule has 2 aliphatic heterocycles. The third kappa shape index (κ3) is 4.51. The van der Waals surface area contributed by atoms with Crippen molar-refractivity contribution in [2.45, 2.75) is 38.8 Å². The van der Waals surface area contributed by atoms with E-state index < -0.39 is 15.9 Å². The Morgan fingerprint density at radius 1 is 1.12 bits per heavy atom. The predicted octanol–water partition coefficient (Wildman–Crippen LogP) is 1.95. The van der Waals surface area contributed by atoms with Crippen molar-refractivity contribution in [3.05, 3.63) is 52.3 Å². The number of aryl methyl sites for hydroxylation is 1. The molecule has 1 aromatic heterocycles. The summed E-state index contributed by atoms with van der Waals surface area (Å²) in [6, 6.07) is 9.32. The number of anilines is 1. The second-order valence-electron chi connectivity index (χ2n) is 8.86. The molecule has 34 heavy (non-hydrogen) atoms. The van der Waals surface area contributed by atoms with Gasteiger partial charge in [-0.15, -0.1) is 0 Å². The molecule has 3 heterocycles. The van der Waals surface area contributed by atoms with Gasteiger partial charge in [0, 0.05) is 43.5 Å². The minimum atomic E-state index is -3.28. The minimum Gasteiger partial charge on any atom is -0.366 e. The summed E-state index contributed by atoms with van der Waals surface area (Å²) in [4.78, 5) is 26.9. The van der Waals surface area contributed by atoms with Crippen LogP contribution in [0.1, 0.15) is 51.6 Å². The van der Waals surface area contributed by atoms with Crippen LogP contribution in [0.3, 0.4) is 0 Å². The molecule has 0 saturated carbocycles. The Bertz CT molecular complexity index is 1270. The number of benzene rings is 1. The van der Waals surface area contributed by atoms with Crippen LogP contribution >= 0.6 is 0 Å². The molecule has 1 fully saturated rings. The third-order valence-electron chi connectivity index (χ3n) is 6.60. The number of rotatable bonds is 4. The molecule has 2 aromatic rings. The number of aromatic nitrogens is 1. The summed E-state index contributed by atoms with van der Waals surface area (Å²) in [6.45, 7) is 3.63. The van der Waals surface area contributed by atoms with E-state index >= 15 is 0 Å². The van der Waals surface area contributed by atoms with Crippen LogP contribution in [0.5, 0.6) is 0 Å². The molecule has 0 spiro atoms. The Morgan fingerprint density at radius 2 is 1.76 bits per heavy atom. The number of carbonyl (C=O) groups is 2. The van der Waals surface area contributed by atoms with Crippen LogP contribution in [0.25, 0.3) is 0 Å². The Morgan fingerprint density at radius 3 is 2.32 bits per heavy atom. The standard InChI is InChI=1S/C23H28N6O4S/c1-15-3-5-17(6-4-15)26-23(31)27-11-12-29-19(14-27)20(22(25)30)18(13-24)21(29)16-7-9-28(10-8-16)34(2,32)33/h3-6,16H,7-12,14H2,1-2H3,(H2,25,30)(H,26,31). The van der Waals surface area contributed by atoms with Crippen LogP contribution in [0.4, 0.5) is 10.5 Å². The molecule has 0 aliphatic carbocycles. The number of carbonyl (C=O) groups excluding carboxylic acids is 2. The first-order valence-corrected chi connectivity index (χ1v) is 13.0. The minimum absolute atomic E-state index is 0.0764. The maximum atomic E-state index is 12.9. The van der Waals surface area contributed by atoms with Gasteiger partial charge in [0.05, 0.1) is 29.6 Å². The highest BCUT2D eigenvalue weighted by Gasteiger charge is 2.36. The maximum Gasteiger partial charge on any atom is 0.322 e. The Kier molecular flexibility index (Phi) is 6.38. The molecule has 180 valence electrons. The first-order valence-electron chi connectivity index (χ1n) is 11.1. The molecule has 0 bridgehead atoms. The lowest BCUT2D eigenvalue weighted by atomic mass is 9.91. The second-order valence-corrected chi connectivity index (χ2v) is 10.8. The van der Waals surface area contributed by atoms with Crippen LogP contribution in [0.15, 0.2) is 24.3 Å². The number of hydrogen-bond acceptors (Lipinski definition) is 5. The number of urea groups is 1. The number of hydrogen-bond donors (Lipinski definition) is 2. The summed E-state index contributed by atoms with van der Waals surface area (Å²) in [5.41, 5.74) is 9.09. The highest BCUT2D eigenvalue weighted by molar-refractivity contribution is 7.88. The molecule has 4 rings (SSSR count). The smallest absolute Gasteiger partial charge is 0.322 e. The molecule has 0 atom stereocenters. The normalized spacial score (nSPS) is 17.1. The van der Waals surface area contributed by atoms with Gasteiger partial charge in [-0.25, -0.2) is 17.5 Å². The lowest BCUT2D eigenvalue weighted by Gasteiger charge is -2.34. The maximum absolute atomic E-state index is 12.9. The van der Waals surface area contributed by atoms with Gasteiger partial charge in [-0.05, 0) is 31.9 Å². The van der Waals surface area contributed by atoms with E-state index in [4.69, 9.17) is 5.73 Å². The molecular formula is C23H28N6O4S. The van der Waals surface area contributed by atoms with E-state index in [0.717, 1.165) is 11.3 Å². The topological polar surface area (TPSA) is 142 Å². The number of amides is 3. The number of nitriles is 1. The van der Waals surface area contributed by atoms with E-state index in [1.807, 2.05) is 35.8 Å². The lowest BCUT2D eigenvalue weighted by molar-refractivity contribution is 0.0996. The average molecular weight is 485 g/mol. The van der Waals surface area contributed by atoms with E-state index in [0.29, 0.717) is 50.4 Å². The molecule has 2 aliphatic rings. The van der Waals surface area contributed by atoms with Crippen molar-refractivity contribution in [2.75, 3.05) is 31.2 Å². The highest BCUT2D eigenvalue weighted by Crippen LogP contribution is 2.37. The van der Waals surface area contributed by atoms with E-state index in [1.165, 1.54) is 10.6 Å². The van der Waals surface area contributed by atoms with E-state index in [-0.39, 0.29) is 29.6 Å². The summed E-state index contributed by atoms with van der Waals surface area (Å²) in [5, 5.41) is 12.8. The fourth-order valence-electron chi connectivity index (χ4n) is 4.86. The zero-order chi connectivity index (χ0) is 24.6. The summed E-state index contributed by atoms with van der Waals surface area (Å²) >= 11 is 0. The van der Waals surface area contributed by atoms with Crippen molar-refractivity contribution >= 4 is 27.6 Å². The summed E-state index contributed by atoms with van der Waals surface area (Å²) in [6.07, 6.45) is 2.27. The van der Waals surface area contributed by atoms with Gasteiger partial charge in [0.25, 0.3) is 5.91 Å². The van der Waals surface area contributed by atoms with Crippen molar-refractivity contribution in [1.82, 2.24) is 13.8 Å². The molecule has 0 radical (unpaired) electrons. The number of nitrogens with two attached hydrogens (primary N) is 1. The highest BCUT2D eigenvalue weighted by atomic mass is 32.2. The predicted molar refractivity (Wildman–Crippen MR) is 127 cm³/mol. The summed E-state index contributed by atoms with van der Waals surface area (Å²) < 4.78 is 27.2. The van der Waals surface area contributed by atoms with Gasteiger partial charge in [0.2, 0.25) is 10.0 Å². The summed E-state index contributed by atoms with van der Waals surface area (Å²) in [7, 11) is -3.28. The first kappa shape index (κ1) is 23.8. The van der Waals surface area contributed by atoms with Gasteiger partial charge in [0.15, 0.2) is 0 Å². The van der Waals surface area contributed by atoms with Crippen molar-refractivity contribution in [2.24, 2.45) is 5.73 Å². The average Bonchev–Trinajstić information content (AvgIpc) is 3.13. The molecule has 11 heteroatoms.